The lowest BCUT2D eigenvalue weighted by Gasteiger charge is -2.26. The number of rotatable bonds is 8. The Morgan fingerprint density at radius 1 is 1.00 bits per heavy atom. The maximum atomic E-state index is 13.2. The van der Waals surface area contributed by atoms with Crippen LogP contribution in [0.3, 0.4) is 0 Å². The van der Waals surface area contributed by atoms with E-state index in [1.54, 1.807) is 66.7 Å². The van der Waals surface area contributed by atoms with Gasteiger partial charge in [-0.25, -0.2) is 8.42 Å². The van der Waals surface area contributed by atoms with E-state index in [0.29, 0.717) is 11.3 Å². The van der Waals surface area contributed by atoms with E-state index in [4.69, 9.17) is 4.42 Å². The third-order valence-corrected chi connectivity index (χ3v) is 5.94. The van der Waals surface area contributed by atoms with Gasteiger partial charge in [0.25, 0.3) is 5.91 Å². The molecule has 162 valence electrons. The number of amides is 2. The molecule has 0 saturated heterocycles. The minimum Gasteiger partial charge on any atom is -0.467 e. The van der Waals surface area contributed by atoms with Gasteiger partial charge in [-0.15, -0.1) is 0 Å². The van der Waals surface area contributed by atoms with Gasteiger partial charge in [0.2, 0.25) is 15.9 Å². The van der Waals surface area contributed by atoms with Gasteiger partial charge in [0.15, 0.2) is 0 Å². The van der Waals surface area contributed by atoms with Gasteiger partial charge in [-0.2, -0.15) is 4.31 Å². The molecule has 0 saturated carbocycles. The van der Waals surface area contributed by atoms with Gasteiger partial charge in [-0.3, -0.25) is 9.59 Å². The number of carbonyl (C=O) groups is 2. The Kier molecular flexibility index (Phi) is 6.88. The lowest BCUT2D eigenvalue weighted by atomic mass is 10.1. The van der Waals surface area contributed by atoms with Crippen LogP contribution in [-0.2, 0) is 21.4 Å². The van der Waals surface area contributed by atoms with Crippen LogP contribution >= 0.6 is 0 Å². The third-order valence-electron chi connectivity index (χ3n) is 4.68. The van der Waals surface area contributed by atoms with E-state index in [-0.39, 0.29) is 17.8 Å². The van der Waals surface area contributed by atoms with Gasteiger partial charge in [0.1, 0.15) is 11.8 Å². The second kappa shape index (κ2) is 9.59. The van der Waals surface area contributed by atoms with Crippen molar-refractivity contribution in [3.05, 3.63) is 89.9 Å². The van der Waals surface area contributed by atoms with Crippen molar-refractivity contribution in [3.63, 3.8) is 0 Å². The Morgan fingerprint density at radius 2 is 1.68 bits per heavy atom. The summed E-state index contributed by atoms with van der Waals surface area (Å²) in [7, 11) is -2.32. The van der Waals surface area contributed by atoms with Crippen molar-refractivity contribution in [3.8, 4) is 0 Å². The summed E-state index contributed by atoms with van der Waals surface area (Å²) in [4.78, 5) is 25.8. The number of anilines is 1. The first-order chi connectivity index (χ1) is 14.8. The second-order valence-electron chi connectivity index (χ2n) is 6.89. The summed E-state index contributed by atoms with van der Waals surface area (Å²) in [5.41, 5.74) is 1.02. The van der Waals surface area contributed by atoms with Crippen LogP contribution in [0.2, 0.25) is 0 Å². The van der Waals surface area contributed by atoms with Crippen molar-refractivity contribution in [2.75, 3.05) is 18.6 Å². The van der Waals surface area contributed by atoms with Crippen molar-refractivity contribution in [1.82, 2.24) is 9.62 Å². The SMILES string of the molecule is CN([C@@H](C(=O)Nc1ccccc1C(=O)NCc1ccco1)c1ccccc1)S(C)(=O)=O. The van der Waals surface area contributed by atoms with Crippen LogP contribution in [0.25, 0.3) is 0 Å². The van der Waals surface area contributed by atoms with Gasteiger partial charge >= 0.3 is 0 Å². The summed E-state index contributed by atoms with van der Waals surface area (Å²) in [6, 6.07) is 17.4. The fourth-order valence-corrected chi connectivity index (χ4v) is 3.62. The van der Waals surface area contributed by atoms with E-state index in [2.05, 4.69) is 10.6 Å². The molecule has 31 heavy (non-hydrogen) atoms. The first-order valence-corrected chi connectivity index (χ1v) is 11.3. The molecule has 0 fully saturated rings. The molecule has 2 N–H and O–H groups in total. The quantitative estimate of drug-likeness (QED) is 0.559. The van der Waals surface area contributed by atoms with E-state index in [1.807, 2.05) is 0 Å². The van der Waals surface area contributed by atoms with Gasteiger partial charge in [0, 0.05) is 7.05 Å². The van der Waals surface area contributed by atoms with Crippen LogP contribution in [0.5, 0.6) is 0 Å². The number of likely N-dealkylation sites (N-methyl/N-ethyl adjacent to an activating group) is 1. The largest absolute Gasteiger partial charge is 0.467 e. The molecule has 0 aliphatic heterocycles. The molecule has 3 rings (SSSR count). The maximum absolute atomic E-state index is 13.2. The minimum atomic E-state index is -3.66. The highest BCUT2D eigenvalue weighted by molar-refractivity contribution is 7.88. The minimum absolute atomic E-state index is 0.192. The van der Waals surface area contributed by atoms with Crippen molar-refractivity contribution >= 4 is 27.5 Å². The summed E-state index contributed by atoms with van der Waals surface area (Å²) < 4.78 is 30.5. The van der Waals surface area contributed by atoms with Crippen molar-refractivity contribution in [2.45, 2.75) is 12.6 Å². The molecule has 2 amide bonds. The van der Waals surface area contributed by atoms with Crippen LogP contribution in [0.1, 0.15) is 27.7 Å². The molecule has 1 aromatic heterocycles. The zero-order valence-corrected chi connectivity index (χ0v) is 17.9. The molecule has 0 unspecified atom stereocenters. The van der Waals surface area contributed by atoms with Gasteiger partial charge in [0.05, 0.1) is 30.3 Å². The average molecular weight is 442 g/mol. The van der Waals surface area contributed by atoms with Gasteiger partial charge < -0.3 is 15.1 Å². The number of furan rings is 1. The van der Waals surface area contributed by atoms with Crippen molar-refractivity contribution in [1.29, 1.82) is 0 Å². The van der Waals surface area contributed by atoms with Crippen LogP contribution in [0.4, 0.5) is 5.69 Å². The van der Waals surface area contributed by atoms with Crippen LogP contribution in [-0.4, -0.2) is 37.8 Å². The number of hydrogen-bond donors (Lipinski definition) is 2. The highest BCUT2D eigenvalue weighted by Crippen LogP contribution is 2.25. The van der Waals surface area contributed by atoms with E-state index >= 15 is 0 Å². The normalized spacial score (nSPS) is 12.4. The standard InChI is InChI=1S/C22H23N3O5S/c1-25(31(2,28)29)20(16-9-4-3-5-10-16)22(27)24-19-13-7-6-12-18(19)21(26)23-15-17-11-8-14-30-17/h3-14,20H,15H2,1-2H3,(H,23,26)(H,24,27)/t20-/m1/s1. The zero-order valence-electron chi connectivity index (χ0n) is 17.1. The number of sulfonamides is 1. The van der Waals surface area contributed by atoms with Gasteiger partial charge in [-0.05, 0) is 29.8 Å². The predicted molar refractivity (Wildman–Crippen MR) is 117 cm³/mol. The lowest BCUT2D eigenvalue weighted by molar-refractivity contribution is -0.119. The monoisotopic (exact) mass is 441 g/mol. The predicted octanol–water partition coefficient (Wildman–Crippen LogP) is 2.78. The highest BCUT2D eigenvalue weighted by atomic mass is 32.2. The smallest absolute Gasteiger partial charge is 0.253 e. The summed E-state index contributed by atoms with van der Waals surface area (Å²) in [6.45, 7) is 0.192. The Labute approximate surface area is 180 Å². The number of nitrogens with zero attached hydrogens (tertiary/aromatic N) is 1. The van der Waals surface area contributed by atoms with Crippen molar-refractivity contribution < 1.29 is 22.4 Å². The molecule has 2 aromatic carbocycles. The second-order valence-corrected chi connectivity index (χ2v) is 8.93. The Bertz CT molecular complexity index is 1140. The zero-order chi connectivity index (χ0) is 22.4. The van der Waals surface area contributed by atoms with Gasteiger partial charge in [-0.1, -0.05) is 42.5 Å². The lowest BCUT2D eigenvalue weighted by Crippen LogP contribution is -2.38. The van der Waals surface area contributed by atoms with Crippen molar-refractivity contribution in [2.24, 2.45) is 0 Å². The highest BCUT2D eigenvalue weighted by Gasteiger charge is 2.31. The fraction of sp³-hybridized carbons (Fsp3) is 0.182. The fourth-order valence-electron chi connectivity index (χ4n) is 3.02. The first kappa shape index (κ1) is 22.3. The number of nitrogens with one attached hydrogen (secondary N) is 2. The van der Waals surface area contributed by atoms with E-state index in [1.165, 1.54) is 13.3 Å². The number of benzene rings is 2. The number of para-hydroxylation sites is 1. The number of carbonyl (C=O) groups excluding carboxylic acids is 2. The molecule has 8 nitrogen and oxygen atoms in total. The summed E-state index contributed by atoms with van der Waals surface area (Å²) in [5.74, 6) is -0.390. The molecular formula is C22H23N3O5S. The summed E-state index contributed by atoms with van der Waals surface area (Å²) in [6.07, 6.45) is 2.55. The molecule has 0 aliphatic carbocycles. The van der Waals surface area contributed by atoms with E-state index in [0.717, 1.165) is 10.6 Å². The van der Waals surface area contributed by atoms with Crippen LogP contribution < -0.4 is 10.6 Å². The maximum Gasteiger partial charge on any atom is 0.253 e. The molecule has 9 heteroatoms. The average Bonchev–Trinajstić information content (AvgIpc) is 3.26. The molecule has 0 radical (unpaired) electrons. The molecule has 1 atom stereocenters. The van der Waals surface area contributed by atoms with Crippen LogP contribution in [0, 0.1) is 0 Å². The molecule has 3 aromatic rings. The Hall–Kier alpha value is -3.43. The molecule has 0 bridgehead atoms. The molecule has 0 aliphatic rings. The first-order valence-electron chi connectivity index (χ1n) is 9.46. The number of hydrogen-bond acceptors (Lipinski definition) is 5. The topological polar surface area (TPSA) is 109 Å². The molecular weight excluding hydrogens is 418 g/mol. The summed E-state index contributed by atoms with van der Waals surface area (Å²) in [5, 5.41) is 5.44. The van der Waals surface area contributed by atoms with E-state index in [9.17, 15) is 18.0 Å². The molecule has 0 spiro atoms. The Balaban J connectivity index is 1.84. The van der Waals surface area contributed by atoms with Crippen LogP contribution in [0.15, 0.2) is 77.4 Å². The Morgan fingerprint density at radius 3 is 2.32 bits per heavy atom. The van der Waals surface area contributed by atoms with E-state index < -0.39 is 27.9 Å². The third kappa shape index (κ3) is 5.59. The summed E-state index contributed by atoms with van der Waals surface area (Å²) >= 11 is 0. The molecule has 1 heterocycles.